The van der Waals surface area contributed by atoms with Gasteiger partial charge in [0.1, 0.15) is 6.10 Å². The van der Waals surface area contributed by atoms with Gasteiger partial charge in [0, 0.05) is 32.8 Å². The number of halogens is 1. The molecule has 2 aliphatic rings. The molecule has 0 aliphatic carbocycles. The van der Waals surface area contributed by atoms with E-state index in [2.05, 4.69) is 31.0 Å². The lowest BCUT2D eigenvalue weighted by Gasteiger charge is -2.37. The quantitative estimate of drug-likeness (QED) is 0.336. The predicted octanol–water partition coefficient (Wildman–Crippen LogP) is 3.67. The highest BCUT2D eigenvalue weighted by atomic mass is 127. The normalized spacial score (nSPS) is 25.6. The van der Waals surface area contributed by atoms with Gasteiger partial charge in [0.15, 0.2) is 5.96 Å². The Balaban J connectivity index is 0.00000312. The minimum atomic E-state index is 0. The summed E-state index contributed by atoms with van der Waals surface area (Å²) >= 11 is 0. The van der Waals surface area contributed by atoms with E-state index in [1.165, 1.54) is 25.7 Å². The molecule has 2 aliphatic heterocycles. The molecule has 2 fully saturated rings. The van der Waals surface area contributed by atoms with Crippen LogP contribution in [0.25, 0.3) is 0 Å². The van der Waals surface area contributed by atoms with E-state index in [1.807, 2.05) is 0 Å². The molecule has 148 valence electrons. The maximum absolute atomic E-state index is 5.97. The molecule has 0 aromatic carbocycles. The fourth-order valence-corrected chi connectivity index (χ4v) is 3.55. The van der Waals surface area contributed by atoms with E-state index in [4.69, 9.17) is 14.5 Å². The van der Waals surface area contributed by atoms with Crippen LogP contribution in [0.3, 0.4) is 0 Å². The first-order valence-electron chi connectivity index (χ1n) is 10.0. The van der Waals surface area contributed by atoms with Crippen LogP contribution in [0, 0.1) is 5.92 Å². The zero-order chi connectivity index (χ0) is 17.2. The molecule has 0 aromatic rings. The Bertz CT molecular complexity index is 376. The Kier molecular flexibility index (Phi) is 12.1. The summed E-state index contributed by atoms with van der Waals surface area (Å²) in [4.78, 5) is 7.32. The van der Waals surface area contributed by atoms with Crippen molar-refractivity contribution in [3.05, 3.63) is 0 Å². The summed E-state index contributed by atoms with van der Waals surface area (Å²) in [6.45, 7) is 12.0. The maximum atomic E-state index is 5.97. The highest BCUT2D eigenvalue weighted by Crippen LogP contribution is 2.21. The van der Waals surface area contributed by atoms with Crippen molar-refractivity contribution in [2.75, 3.05) is 39.4 Å². The summed E-state index contributed by atoms with van der Waals surface area (Å²) in [5, 5.41) is 3.48. The van der Waals surface area contributed by atoms with Gasteiger partial charge in [0.2, 0.25) is 0 Å². The first-order valence-corrected chi connectivity index (χ1v) is 10.0. The third-order valence-electron chi connectivity index (χ3n) is 5.15. The van der Waals surface area contributed by atoms with Crippen molar-refractivity contribution < 1.29 is 9.47 Å². The summed E-state index contributed by atoms with van der Waals surface area (Å²) in [5.74, 6) is 1.76. The van der Waals surface area contributed by atoms with Crippen LogP contribution in [0.5, 0.6) is 0 Å². The molecule has 0 saturated carbocycles. The summed E-state index contributed by atoms with van der Waals surface area (Å²) < 4.78 is 11.8. The monoisotopic (exact) mass is 467 g/mol. The molecule has 0 amide bonds. The number of unbranched alkanes of at least 4 members (excludes halogenated alkanes) is 1. The molecule has 0 radical (unpaired) electrons. The molecular formula is C19H38IN3O2. The molecule has 2 heterocycles. The topological polar surface area (TPSA) is 46.1 Å². The summed E-state index contributed by atoms with van der Waals surface area (Å²) in [7, 11) is 0. The molecule has 0 aromatic heterocycles. The minimum Gasteiger partial charge on any atom is -0.375 e. The number of hydrogen-bond donors (Lipinski definition) is 1. The van der Waals surface area contributed by atoms with Crippen LogP contribution in [-0.2, 0) is 9.47 Å². The van der Waals surface area contributed by atoms with Gasteiger partial charge in [-0.15, -0.1) is 24.0 Å². The van der Waals surface area contributed by atoms with Crippen LogP contribution in [0.15, 0.2) is 4.99 Å². The Morgan fingerprint density at radius 2 is 2.00 bits per heavy atom. The van der Waals surface area contributed by atoms with E-state index < -0.39 is 0 Å². The Hall–Kier alpha value is -0.0800. The second-order valence-corrected chi connectivity index (χ2v) is 7.02. The molecule has 2 rings (SSSR count). The second kappa shape index (κ2) is 13.1. The number of morpholine rings is 1. The Labute approximate surface area is 171 Å². The van der Waals surface area contributed by atoms with Crippen molar-refractivity contribution in [2.24, 2.45) is 10.9 Å². The first kappa shape index (κ1) is 23.0. The zero-order valence-electron chi connectivity index (χ0n) is 16.3. The highest BCUT2D eigenvalue weighted by molar-refractivity contribution is 14.0. The average Bonchev–Trinajstić information content (AvgIpc) is 3.15. The average molecular weight is 467 g/mol. The van der Waals surface area contributed by atoms with E-state index >= 15 is 0 Å². The van der Waals surface area contributed by atoms with Crippen LogP contribution >= 0.6 is 24.0 Å². The first-order chi connectivity index (χ1) is 11.8. The smallest absolute Gasteiger partial charge is 0.194 e. The third-order valence-corrected chi connectivity index (χ3v) is 5.15. The van der Waals surface area contributed by atoms with E-state index in [9.17, 15) is 0 Å². The lowest BCUT2D eigenvalue weighted by Crippen LogP contribution is -2.53. The van der Waals surface area contributed by atoms with Crippen molar-refractivity contribution in [1.29, 1.82) is 0 Å². The number of guanidine groups is 1. The van der Waals surface area contributed by atoms with Crippen LogP contribution in [0.4, 0.5) is 0 Å². The number of nitrogens with zero attached hydrogens (tertiary/aromatic N) is 2. The maximum Gasteiger partial charge on any atom is 0.194 e. The molecule has 25 heavy (non-hydrogen) atoms. The summed E-state index contributed by atoms with van der Waals surface area (Å²) in [6, 6.07) is 0. The van der Waals surface area contributed by atoms with Crippen LogP contribution in [-0.4, -0.2) is 62.5 Å². The molecule has 0 bridgehead atoms. The number of ether oxygens (including phenoxy) is 2. The van der Waals surface area contributed by atoms with Crippen molar-refractivity contribution in [3.8, 4) is 0 Å². The molecule has 2 saturated heterocycles. The molecule has 3 unspecified atom stereocenters. The van der Waals surface area contributed by atoms with E-state index in [0.29, 0.717) is 5.92 Å². The molecular weight excluding hydrogens is 429 g/mol. The second-order valence-electron chi connectivity index (χ2n) is 7.02. The standard InChI is InChI=1S/C19H37N3O2.HI/c1-4-7-9-16(5-2)14-21-19(20-6-3)22-11-13-24-18(15-22)17-10-8-12-23-17;/h16-18H,4-15H2,1-3H3,(H,20,21);1H. The molecule has 0 spiro atoms. The van der Waals surface area contributed by atoms with Crippen molar-refractivity contribution in [1.82, 2.24) is 10.2 Å². The number of nitrogens with one attached hydrogen (secondary N) is 1. The summed E-state index contributed by atoms with van der Waals surface area (Å²) in [6.07, 6.45) is 7.82. The zero-order valence-corrected chi connectivity index (χ0v) is 18.7. The summed E-state index contributed by atoms with van der Waals surface area (Å²) in [5.41, 5.74) is 0. The van der Waals surface area contributed by atoms with Gasteiger partial charge in [-0.2, -0.15) is 0 Å². The fraction of sp³-hybridized carbons (Fsp3) is 0.947. The molecule has 1 N–H and O–H groups in total. The predicted molar refractivity (Wildman–Crippen MR) is 115 cm³/mol. The third kappa shape index (κ3) is 7.59. The van der Waals surface area contributed by atoms with Gasteiger partial charge >= 0.3 is 0 Å². The van der Waals surface area contributed by atoms with Crippen molar-refractivity contribution in [2.45, 2.75) is 71.5 Å². The Morgan fingerprint density at radius 1 is 1.20 bits per heavy atom. The van der Waals surface area contributed by atoms with Crippen molar-refractivity contribution in [3.63, 3.8) is 0 Å². The molecule has 5 nitrogen and oxygen atoms in total. The SMILES string of the molecule is CCCCC(CC)CN=C(NCC)N1CCOC(C2CCCO2)C1.I. The van der Waals surface area contributed by atoms with Gasteiger partial charge in [-0.05, 0) is 32.1 Å². The Morgan fingerprint density at radius 3 is 2.64 bits per heavy atom. The number of rotatable bonds is 8. The lowest BCUT2D eigenvalue weighted by atomic mass is 10.00. The lowest BCUT2D eigenvalue weighted by molar-refractivity contribution is -0.0817. The molecule has 3 atom stereocenters. The van der Waals surface area contributed by atoms with Crippen LogP contribution in [0.1, 0.15) is 59.3 Å². The van der Waals surface area contributed by atoms with Gasteiger partial charge in [-0.3, -0.25) is 4.99 Å². The van der Waals surface area contributed by atoms with Gasteiger partial charge < -0.3 is 19.7 Å². The largest absolute Gasteiger partial charge is 0.375 e. The van der Waals surface area contributed by atoms with Crippen LogP contribution in [0.2, 0.25) is 0 Å². The van der Waals surface area contributed by atoms with Gasteiger partial charge in [0.05, 0.1) is 12.7 Å². The van der Waals surface area contributed by atoms with E-state index in [-0.39, 0.29) is 36.2 Å². The molecule has 6 heteroatoms. The van der Waals surface area contributed by atoms with Crippen LogP contribution < -0.4 is 5.32 Å². The van der Waals surface area contributed by atoms with Gasteiger partial charge in [-0.1, -0.05) is 33.1 Å². The van der Waals surface area contributed by atoms with Gasteiger partial charge in [0.25, 0.3) is 0 Å². The van der Waals surface area contributed by atoms with E-state index in [0.717, 1.165) is 58.2 Å². The highest BCUT2D eigenvalue weighted by Gasteiger charge is 2.32. The number of hydrogen-bond acceptors (Lipinski definition) is 3. The van der Waals surface area contributed by atoms with E-state index in [1.54, 1.807) is 0 Å². The van der Waals surface area contributed by atoms with Crippen molar-refractivity contribution >= 4 is 29.9 Å². The minimum absolute atomic E-state index is 0. The fourth-order valence-electron chi connectivity index (χ4n) is 3.55. The van der Waals surface area contributed by atoms with Gasteiger partial charge in [-0.25, -0.2) is 0 Å². The number of aliphatic imine (C=N–C) groups is 1.